The second kappa shape index (κ2) is 8.40. The first kappa shape index (κ1) is 17.8. The molecular weight excluding hydrogens is 334 g/mol. The lowest BCUT2D eigenvalue weighted by Crippen LogP contribution is -2.34. The van der Waals surface area contributed by atoms with E-state index in [-0.39, 0.29) is 0 Å². The minimum atomic E-state index is 0.580. The molecule has 1 saturated heterocycles. The van der Waals surface area contributed by atoms with Gasteiger partial charge in [-0.1, -0.05) is 35.9 Å². The number of benzene rings is 1. The van der Waals surface area contributed by atoms with Gasteiger partial charge in [0.15, 0.2) is 0 Å². The highest BCUT2D eigenvalue weighted by Crippen LogP contribution is 2.30. The molecule has 0 unspecified atom stereocenters. The van der Waals surface area contributed by atoms with Gasteiger partial charge in [0.05, 0.1) is 12.5 Å². The second-order valence-electron chi connectivity index (χ2n) is 7.53. The summed E-state index contributed by atoms with van der Waals surface area (Å²) in [6.45, 7) is 5.43. The fourth-order valence-corrected chi connectivity index (χ4v) is 4.03. The van der Waals surface area contributed by atoms with Crippen LogP contribution in [-0.2, 0) is 6.42 Å². The summed E-state index contributed by atoms with van der Waals surface area (Å²) in [6.07, 6.45) is 9.18. The summed E-state index contributed by atoms with van der Waals surface area (Å²) in [7, 11) is 0. The summed E-state index contributed by atoms with van der Waals surface area (Å²) in [5.74, 6) is 1.52. The standard InChI is InChI=1S/C23H27N3O/c1-18(14-22-8-5-13-27-22)17-26-11-9-20(10-12-26)23-21(16-24-25-23)15-19-6-3-2-4-7-19/h2-8,13-14,16,20H,9-12,15,17H2,1H3,(H,24,25)/b18-14+. The zero-order valence-electron chi connectivity index (χ0n) is 15.9. The fourth-order valence-electron chi connectivity index (χ4n) is 4.03. The molecule has 140 valence electrons. The van der Waals surface area contributed by atoms with E-state index in [9.17, 15) is 0 Å². The van der Waals surface area contributed by atoms with Crippen LogP contribution in [0.25, 0.3) is 6.08 Å². The van der Waals surface area contributed by atoms with Gasteiger partial charge in [-0.05, 0) is 62.2 Å². The van der Waals surface area contributed by atoms with Gasteiger partial charge in [-0.15, -0.1) is 0 Å². The first-order valence-corrected chi connectivity index (χ1v) is 9.77. The van der Waals surface area contributed by atoms with Crippen molar-refractivity contribution < 1.29 is 4.42 Å². The van der Waals surface area contributed by atoms with Crippen LogP contribution in [0.5, 0.6) is 0 Å². The first-order valence-electron chi connectivity index (χ1n) is 9.77. The third kappa shape index (κ3) is 4.58. The number of nitrogens with one attached hydrogen (secondary N) is 1. The molecule has 1 fully saturated rings. The first-order chi connectivity index (χ1) is 13.3. The SMILES string of the molecule is C/C(=C\c1ccco1)CN1CCC(c2[nH]ncc2Cc2ccccc2)CC1. The second-order valence-corrected chi connectivity index (χ2v) is 7.53. The molecule has 4 heteroatoms. The number of nitrogens with zero attached hydrogens (tertiary/aromatic N) is 2. The molecule has 27 heavy (non-hydrogen) atoms. The molecule has 0 aliphatic carbocycles. The summed E-state index contributed by atoms with van der Waals surface area (Å²) in [5, 5.41) is 7.63. The smallest absolute Gasteiger partial charge is 0.126 e. The zero-order chi connectivity index (χ0) is 18.5. The Balaban J connectivity index is 1.34. The van der Waals surface area contributed by atoms with Crippen LogP contribution in [-0.4, -0.2) is 34.7 Å². The van der Waals surface area contributed by atoms with Crippen LogP contribution in [0.1, 0.15) is 48.3 Å². The molecule has 3 aromatic rings. The Morgan fingerprint density at radius 1 is 1.19 bits per heavy atom. The quantitative estimate of drug-likeness (QED) is 0.681. The van der Waals surface area contributed by atoms with Crippen molar-refractivity contribution in [1.82, 2.24) is 15.1 Å². The Kier molecular flexibility index (Phi) is 5.54. The monoisotopic (exact) mass is 361 g/mol. The van der Waals surface area contributed by atoms with E-state index in [2.05, 4.69) is 58.4 Å². The number of aromatic nitrogens is 2. The number of furan rings is 1. The topological polar surface area (TPSA) is 45.1 Å². The number of likely N-dealkylation sites (tertiary alicyclic amines) is 1. The van der Waals surface area contributed by atoms with Crippen LogP contribution in [0.15, 0.2) is 64.9 Å². The largest absolute Gasteiger partial charge is 0.465 e. The van der Waals surface area contributed by atoms with Crippen molar-refractivity contribution in [1.29, 1.82) is 0 Å². The van der Waals surface area contributed by atoms with Gasteiger partial charge in [-0.25, -0.2) is 0 Å². The van der Waals surface area contributed by atoms with Crippen molar-refractivity contribution in [3.05, 3.63) is 83.1 Å². The number of hydrogen-bond donors (Lipinski definition) is 1. The van der Waals surface area contributed by atoms with E-state index in [1.165, 1.54) is 35.2 Å². The van der Waals surface area contributed by atoms with Crippen molar-refractivity contribution in [2.75, 3.05) is 19.6 Å². The van der Waals surface area contributed by atoms with Crippen molar-refractivity contribution in [2.45, 2.75) is 32.1 Å². The molecule has 2 aromatic heterocycles. The zero-order valence-corrected chi connectivity index (χ0v) is 15.9. The lowest BCUT2D eigenvalue weighted by Gasteiger charge is -2.32. The molecule has 1 aliphatic rings. The van der Waals surface area contributed by atoms with E-state index < -0.39 is 0 Å². The van der Waals surface area contributed by atoms with E-state index in [0.717, 1.165) is 31.8 Å². The lowest BCUT2D eigenvalue weighted by molar-refractivity contribution is 0.226. The van der Waals surface area contributed by atoms with Gasteiger partial charge in [-0.2, -0.15) is 5.10 Å². The Morgan fingerprint density at radius 3 is 2.74 bits per heavy atom. The van der Waals surface area contributed by atoms with Crippen molar-refractivity contribution >= 4 is 6.08 Å². The maximum absolute atomic E-state index is 5.42. The van der Waals surface area contributed by atoms with Crippen molar-refractivity contribution in [2.24, 2.45) is 0 Å². The Labute approximate surface area is 160 Å². The van der Waals surface area contributed by atoms with Gasteiger partial charge in [-0.3, -0.25) is 10.00 Å². The van der Waals surface area contributed by atoms with Crippen molar-refractivity contribution in [3.8, 4) is 0 Å². The molecular formula is C23H27N3O. The number of H-pyrrole nitrogens is 1. The molecule has 4 nitrogen and oxygen atoms in total. The molecule has 0 saturated carbocycles. The highest BCUT2D eigenvalue weighted by atomic mass is 16.3. The maximum Gasteiger partial charge on any atom is 0.126 e. The number of aromatic amines is 1. The van der Waals surface area contributed by atoms with E-state index in [0.29, 0.717) is 5.92 Å². The van der Waals surface area contributed by atoms with E-state index in [1.807, 2.05) is 18.3 Å². The van der Waals surface area contributed by atoms with Crippen LogP contribution >= 0.6 is 0 Å². The van der Waals surface area contributed by atoms with E-state index in [4.69, 9.17) is 4.42 Å². The molecule has 1 N–H and O–H groups in total. The fraction of sp³-hybridized carbons (Fsp3) is 0.348. The summed E-state index contributed by atoms with van der Waals surface area (Å²) in [4.78, 5) is 2.54. The molecule has 0 spiro atoms. The molecule has 0 atom stereocenters. The summed E-state index contributed by atoms with van der Waals surface area (Å²) in [5.41, 5.74) is 5.36. The number of piperidine rings is 1. The van der Waals surface area contributed by atoms with Gasteiger partial charge in [0.25, 0.3) is 0 Å². The van der Waals surface area contributed by atoms with Crippen LogP contribution < -0.4 is 0 Å². The third-order valence-electron chi connectivity index (χ3n) is 5.39. The maximum atomic E-state index is 5.42. The predicted octanol–water partition coefficient (Wildman–Crippen LogP) is 4.88. The molecule has 0 radical (unpaired) electrons. The minimum Gasteiger partial charge on any atom is -0.465 e. The summed E-state index contributed by atoms with van der Waals surface area (Å²) in [6, 6.07) is 14.6. The number of rotatable bonds is 6. The van der Waals surface area contributed by atoms with E-state index >= 15 is 0 Å². The van der Waals surface area contributed by atoms with Gasteiger partial charge in [0, 0.05) is 24.6 Å². The Hall–Kier alpha value is -2.59. The van der Waals surface area contributed by atoms with Crippen LogP contribution in [0, 0.1) is 0 Å². The predicted molar refractivity (Wildman–Crippen MR) is 109 cm³/mol. The van der Waals surface area contributed by atoms with Gasteiger partial charge < -0.3 is 4.42 Å². The van der Waals surface area contributed by atoms with Crippen LogP contribution in [0.4, 0.5) is 0 Å². The van der Waals surface area contributed by atoms with Crippen LogP contribution in [0.3, 0.4) is 0 Å². The van der Waals surface area contributed by atoms with Gasteiger partial charge in [0.1, 0.15) is 5.76 Å². The average molecular weight is 361 g/mol. The lowest BCUT2D eigenvalue weighted by atomic mass is 9.89. The summed E-state index contributed by atoms with van der Waals surface area (Å²) < 4.78 is 5.42. The minimum absolute atomic E-state index is 0.580. The number of hydrogen-bond acceptors (Lipinski definition) is 3. The third-order valence-corrected chi connectivity index (χ3v) is 5.39. The molecule has 1 aliphatic heterocycles. The molecule has 0 amide bonds. The highest BCUT2D eigenvalue weighted by molar-refractivity contribution is 5.46. The molecule has 0 bridgehead atoms. The average Bonchev–Trinajstić information content (AvgIpc) is 3.35. The van der Waals surface area contributed by atoms with Gasteiger partial charge in [0.2, 0.25) is 0 Å². The summed E-state index contributed by atoms with van der Waals surface area (Å²) >= 11 is 0. The Bertz CT molecular complexity index is 856. The Morgan fingerprint density at radius 2 is 2.00 bits per heavy atom. The molecule has 1 aromatic carbocycles. The highest BCUT2D eigenvalue weighted by Gasteiger charge is 2.24. The van der Waals surface area contributed by atoms with Crippen molar-refractivity contribution in [3.63, 3.8) is 0 Å². The molecule has 3 heterocycles. The van der Waals surface area contributed by atoms with E-state index in [1.54, 1.807) is 6.26 Å². The normalized spacial score (nSPS) is 16.7. The van der Waals surface area contributed by atoms with Gasteiger partial charge >= 0.3 is 0 Å². The van der Waals surface area contributed by atoms with Crippen LogP contribution in [0.2, 0.25) is 0 Å². The molecule has 4 rings (SSSR count).